The van der Waals surface area contributed by atoms with Gasteiger partial charge in [0, 0.05) is 26.1 Å². The maximum Gasteiger partial charge on any atom is 0.245 e. The van der Waals surface area contributed by atoms with Gasteiger partial charge in [0.05, 0.1) is 0 Å². The molecule has 1 atom stereocenters. The van der Waals surface area contributed by atoms with Gasteiger partial charge in [-0.3, -0.25) is 9.59 Å². The van der Waals surface area contributed by atoms with E-state index in [9.17, 15) is 9.59 Å². The van der Waals surface area contributed by atoms with Crippen molar-refractivity contribution in [2.45, 2.75) is 44.6 Å². The highest BCUT2D eigenvalue weighted by atomic mass is 16.2. The molecule has 1 saturated carbocycles. The van der Waals surface area contributed by atoms with E-state index in [0.717, 1.165) is 38.3 Å². The molecule has 2 saturated heterocycles. The van der Waals surface area contributed by atoms with Gasteiger partial charge in [-0.05, 0) is 25.2 Å². The number of hydrogen-bond donors (Lipinski definition) is 0. The van der Waals surface area contributed by atoms with Crippen molar-refractivity contribution in [2.75, 3.05) is 19.6 Å². The largest absolute Gasteiger partial charge is 0.340 e. The van der Waals surface area contributed by atoms with Gasteiger partial charge in [-0.15, -0.1) is 0 Å². The van der Waals surface area contributed by atoms with Crippen LogP contribution < -0.4 is 0 Å². The Bertz CT molecular complexity index is 338. The fourth-order valence-electron chi connectivity index (χ4n) is 2.98. The molecule has 0 aromatic heterocycles. The van der Waals surface area contributed by atoms with Crippen LogP contribution in [-0.2, 0) is 9.59 Å². The Balaban J connectivity index is 1.67. The predicted molar refractivity (Wildman–Crippen MR) is 63.3 cm³/mol. The number of hydrogen-bond acceptors (Lipinski definition) is 2. The van der Waals surface area contributed by atoms with Gasteiger partial charge in [0.2, 0.25) is 11.8 Å². The standard InChI is InChI=1S/C13H20N2O2/c16-12-6-9-14(8-5-10-3-4-10)13(17)11-2-1-7-15(11)12/h10-11H,1-9H2. The van der Waals surface area contributed by atoms with Gasteiger partial charge in [0.15, 0.2) is 0 Å². The minimum absolute atomic E-state index is 0.135. The molecule has 2 heterocycles. The molecule has 1 unspecified atom stereocenters. The van der Waals surface area contributed by atoms with Crippen LogP contribution in [0, 0.1) is 5.92 Å². The summed E-state index contributed by atoms with van der Waals surface area (Å²) in [6.45, 7) is 2.28. The van der Waals surface area contributed by atoms with Crippen LogP contribution in [0.3, 0.4) is 0 Å². The van der Waals surface area contributed by atoms with Gasteiger partial charge in [-0.1, -0.05) is 12.8 Å². The first-order valence-electron chi connectivity index (χ1n) is 6.84. The number of rotatable bonds is 3. The molecule has 4 heteroatoms. The molecule has 3 fully saturated rings. The zero-order valence-corrected chi connectivity index (χ0v) is 10.2. The van der Waals surface area contributed by atoms with E-state index in [2.05, 4.69) is 0 Å². The van der Waals surface area contributed by atoms with Crippen molar-refractivity contribution in [3.8, 4) is 0 Å². The van der Waals surface area contributed by atoms with E-state index >= 15 is 0 Å². The third kappa shape index (κ3) is 2.17. The van der Waals surface area contributed by atoms with Crippen molar-refractivity contribution in [1.29, 1.82) is 0 Å². The molecule has 0 spiro atoms. The molecule has 0 radical (unpaired) electrons. The smallest absolute Gasteiger partial charge is 0.245 e. The molecule has 0 aromatic carbocycles. The minimum atomic E-state index is -0.135. The molecule has 0 aromatic rings. The summed E-state index contributed by atoms with van der Waals surface area (Å²) in [5.41, 5.74) is 0. The Hall–Kier alpha value is -1.06. The number of nitrogens with zero attached hydrogens (tertiary/aromatic N) is 2. The van der Waals surface area contributed by atoms with Crippen molar-refractivity contribution in [2.24, 2.45) is 5.92 Å². The van der Waals surface area contributed by atoms with Crippen LogP contribution in [0.15, 0.2) is 0 Å². The van der Waals surface area contributed by atoms with Crippen LogP contribution in [0.1, 0.15) is 38.5 Å². The average Bonchev–Trinajstić information content (AvgIpc) is 3.04. The topological polar surface area (TPSA) is 40.6 Å². The van der Waals surface area contributed by atoms with E-state index in [4.69, 9.17) is 0 Å². The molecule has 1 aliphatic carbocycles. The highest BCUT2D eigenvalue weighted by Gasteiger charge is 2.39. The van der Waals surface area contributed by atoms with Gasteiger partial charge < -0.3 is 9.80 Å². The van der Waals surface area contributed by atoms with E-state index < -0.39 is 0 Å². The van der Waals surface area contributed by atoms with E-state index in [1.54, 1.807) is 4.90 Å². The lowest BCUT2D eigenvalue weighted by Gasteiger charge is -2.25. The maximum absolute atomic E-state index is 12.3. The van der Waals surface area contributed by atoms with E-state index in [1.807, 2.05) is 4.90 Å². The molecule has 2 amide bonds. The molecule has 0 N–H and O–H groups in total. The second kappa shape index (κ2) is 4.31. The average molecular weight is 236 g/mol. The Kier molecular flexibility index (Phi) is 2.81. The van der Waals surface area contributed by atoms with Gasteiger partial charge in [-0.2, -0.15) is 0 Å². The monoisotopic (exact) mass is 236 g/mol. The highest BCUT2D eigenvalue weighted by Crippen LogP contribution is 2.33. The summed E-state index contributed by atoms with van der Waals surface area (Å²) in [5.74, 6) is 1.23. The molecule has 0 bridgehead atoms. The summed E-state index contributed by atoms with van der Waals surface area (Å²) < 4.78 is 0. The number of carbonyl (C=O) groups is 2. The Morgan fingerprint density at radius 3 is 2.71 bits per heavy atom. The fraction of sp³-hybridized carbons (Fsp3) is 0.846. The molecule has 2 aliphatic heterocycles. The lowest BCUT2D eigenvalue weighted by Crippen LogP contribution is -2.43. The van der Waals surface area contributed by atoms with E-state index in [0.29, 0.717) is 13.0 Å². The van der Waals surface area contributed by atoms with Crippen LogP contribution >= 0.6 is 0 Å². The molecule has 3 rings (SSSR count). The quantitative estimate of drug-likeness (QED) is 0.733. The van der Waals surface area contributed by atoms with Gasteiger partial charge >= 0.3 is 0 Å². The summed E-state index contributed by atoms with van der Waals surface area (Å²) in [6, 6.07) is -0.135. The zero-order chi connectivity index (χ0) is 11.8. The first kappa shape index (κ1) is 11.1. The van der Waals surface area contributed by atoms with Crippen molar-refractivity contribution in [1.82, 2.24) is 9.80 Å². The molecule has 17 heavy (non-hydrogen) atoms. The number of amides is 2. The normalized spacial score (nSPS) is 29.5. The highest BCUT2D eigenvalue weighted by molar-refractivity contribution is 5.90. The van der Waals surface area contributed by atoms with Crippen molar-refractivity contribution in [3.63, 3.8) is 0 Å². The number of fused-ring (bicyclic) bond motifs is 1. The Morgan fingerprint density at radius 1 is 1.12 bits per heavy atom. The van der Waals surface area contributed by atoms with Crippen molar-refractivity contribution >= 4 is 11.8 Å². The SMILES string of the molecule is O=C1C2CCCN2C(=O)CCN1CCC1CC1. The van der Waals surface area contributed by atoms with Crippen LogP contribution in [-0.4, -0.2) is 47.3 Å². The van der Waals surface area contributed by atoms with E-state index in [1.165, 1.54) is 12.8 Å². The van der Waals surface area contributed by atoms with Crippen molar-refractivity contribution in [3.05, 3.63) is 0 Å². The summed E-state index contributed by atoms with van der Waals surface area (Å²) >= 11 is 0. The van der Waals surface area contributed by atoms with E-state index in [-0.39, 0.29) is 17.9 Å². The maximum atomic E-state index is 12.3. The summed E-state index contributed by atoms with van der Waals surface area (Å²) in [5, 5.41) is 0. The summed E-state index contributed by atoms with van der Waals surface area (Å²) in [4.78, 5) is 28.0. The van der Waals surface area contributed by atoms with Gasteiger partial charge in [0.1, 0.15) is 6.04 Å². The zero-order valence-electron chi connectivity index (χ0n) is 10.2. The Morgan fingerprint density at radius 2 is 1.94 bits per heavy atom. The number of carbonyl (C=O) groups excluding carboxylic acids is 2. The van der Waals surface area contributed by atoms with Gasteiger partial charge in [-0.25, -0.2) is 0 Å². The molecule has 3 aliphatic rings. The third-order valence-electron chi connectivity index (χ3n) is 4.27. The summed E-state index contributed by atoms with van der Waals surface area (Å²) in [7, 11) is 0. The van der Waals surface area contributed by atoms with Crippen LogP contribution in [0.4, 0.5) is 0 Å². The first-order valence-corrected chi connectivity index (χ1v) is 6.84. The fourth-order valence-corrected chi connectivity index (χ4v) is 2.98. The Labute approximate surface area is 102 Å². The molecule has 4 nitrogen and oxygen atoms in total. The minimum Gasteiger partial charge on any atom is -0.340 e. The van der Waals surface area contributed by atoms with Gasteiger partial charge in [0.25, 0.3) is 0 Å². The summed E-state index contributed by atoms with van der Waals surface area (Å²) in [6.07, 6.45) is 6.16. The predicted octanol–water partition coefficient (Wildman–Crippen LogP) is 1.01. The van der Waals surface area contributed by atoms with Crippen LogP contribution in [0.2, 0.25) is 0 Å². The van der Waals surface area contributed by atoms with Crippen LogP contribution in [0.5, 0.6) is 0 Å². The lowest BCUT2D eigenvalue weighted by molar-refractivity contribution is -0.139. The lowest BCUT2D eigenvalue weighted by atomic mass is 10.2. The third-order valence-corrected chi connectivity index (χ3v) is 4.27. The second-order valence-corrected chi connectivity index (χ2v) is 5.55. The first-order chi connectivity index (χ1) is 8.25. The second-order valence-electron chi connectivity index (χ2n) is 5.55. The molecule has 94 valence electrons. The molecular formula is C13H20N2O2. The molecular weight excluding hydrogens is 216 g/mol. The van der Waals surface area contributed by atoms with Crippen molar-refractivity contribution < 1.29 is 9.59 Å². The van der Waals surface area contributed by atoms with Crippen LogP contribution in [0.25, 0.3) is 0 Å².